The molecule has 0 saturated heterocycles. The zero-order chi connectivity index (χ0) is 21.9. The van der Waals surface area contributed by atoms with Crippen molar-refractivity contribution in [2.75, 3.05) is 12.4 Å². The zero-order valence-corrected chi connectivity index (χ0v) is 16.4. The lowest BCUT2D eigenvalue weighted by Crippen LogP contribution is -2.36. The van der Waals surface area contributed by atoms with Gasteiger partial charge in [0, 0.05) is 13.2 Å². The number of halogens is 5. The highest BCUT2D eigenvalue weighted by Gasteiger charge is 2.32. The Bertz CT molecular complexity index is 997. The van der Waals surface area contributed by atoms with Gasteiger partial charge in [-0.05, 0) is 30.7 Å². The van der Waals surface area contributed by atoms with Crippen molar-refractivity contribution in [2.45, 2.75) is 13.1 Å². The third-order valence-electron chi connectivity index (χ3n) is 3.56. The second-order valence-corrected chi connectivity index (χ2v) is 6.52. The molecule has 4 amide bonds. The van der Waals surface area contributed by atoms with Gasteiger partial charge in [-0.15, -0.1) is 0 Å². The van der Waals surface area contributed by atoms with E-state index in [0.717, 1.165) is 0 Å². The number of urea groups is 1. The van der Waals surface area contributed by atoms with Crippen molar-refractivity contribution in [2.24, 2.45) is 0 Å². The summed E-state index contributed by atoms with van der Waals surface area (Å²) in [4.78, 5) is 39.6. The van der Waals surface area contributed by atoms with Crippen LogP contribution in [0.4, 0.5) is 23.7 Å². The predicted octanol–water partition coefficient (Wildman–Crippen LogP) is 4.04. The maximum absolute atomic E-state index is 12.6. The summed E-state index contributed by atoms with van der Waals surface area (Å²) in [5.74, 6) is -1.68. The van der Waals surface area contributed by atoms with Gasteiger partial charge in [0.2, 0.25) is 0 Å². The van der Waals surface area contributed by atoms with Crippen molar-refractivity contribution in [1.82, 2.24) is 15.6 Å². The number of hydrogen-bond acceptors (Lipinski definition) is 4. The molecular weight excluding hydrogens is 436 g/mol. The van der Waals surface area contributed by atoms with Crippen molar-refractivity contribution in [1.29, 1.82) is 0 Å². The van der Waals surface area contributed by atoms with E-state index in [2.05, 4.69) is 15.6 Å². The van der Waals surface area contributed by atoms with E-state index in [-0.39, 0.29) is 16.3 Å². The van der Waals surface area contributed by atoms with E-state index in [9.17, 15) is 27.6 Å². The summed E-state index contributed by atoms with van der Waals surface area (Å²) in [6.07, 6.45) is -4.28. The minimum atomic E-state index is -4.69. The van der Waals surface area contributed by atoms with Crippen molar-refractivity contribution in [3.05, 3.63) is 56.8 Å². The van der Waals surface area contributed by atoms with Gasteiger partial charge in [-0.25, -0.2) is 9.78 Å². The number of nitrogens with one attached hydrogen (secondary N) is 3. The van der Waals surface area contributed by atoms with E-state index in [4.69, 9.17) is 23.2 Å². The average molecular weight is 449 g/mol. The molecule has 1 aromatic heterocycles. The van der Waals surface area contributed by atoms with E-state index >= 15 is 0 Å². The molecule has 2 aromatic rings. The normalized spacial score (nSPS) is 11.0. The molecule has 154 valence electrons. The van der Waals surface area contributed by atoms with Crippen LogP contribution in [0.5, 0.6) is 0 Å². The van der Waals surface area contributed by atoms with Gasteiger partial charge in [-0.2, -0.15) is 13.2 Å². The minimum absolute atomic E-state index is 0.0388. The summed E-state index contributed by atoms with van der Waals surface area (Å²) in [5, 5.41) is 5.96. The molecule has 3 N–H and O–H groups in total. The van der Waals surface area contributed by atoms with E-state index in [0.29, 0.717) is 17.8 Å². The van der Waals surface area contributed by atoms with Crippen molar-refractivity contribution in [3.63, 3.8) is 0 Å². The maximum Gasteiger partial charge on any atom is 0.417 e. The van der Waals surface area contributed by atoms with Crippen LogP contribution in [0.1, 0.15) is 32.0 Å². The van der Waals surface area contributed by atoms with E-state index in [1.165, 1.54) is 19.2 Å². The molecule has 0 bridgehead atoms. The van der Waals surface area contributed by atoms with Gasteiger partial charge in [-0.3, -0.25) is 14.9 Å². The summed E-state index contributed by atoms with van der Waals surface area (Å²) >= 11 is 11.7. The lowest BCUT2D eigenvalue weighted by Gasteiger charge is -2.14. The lowest BCUT2D eigenvalue weighted by molar-refractivity contribution is -0.137. The Kier molecular flexibility index (Phi) is 6.70. The first kappa shape index (κ1) is 22.4. The number of rotatable bonds is 3. The van der Waals surface area contributed by atoms with Crippen LogP contribution in [-0.4, -0.2) is 29.9 Å². The third-order valence-corrected chi connectivity index (χ3v) is 4.14. The fourth-order valence-corrected chi connectivity index (χ4v) is 2.82. The van der Waals surface area contributed by atoms with E-state index in [1.54, 1.807) is 6.92 Å². The fraction of sp³-hybridized carbons (Fsp3) is 0.176. The summed E-state index contributed by atoms with van der Waals surface area (Å²) in [5.41, 5.74) is -1.10. The topological polar surface area (TPSA) is 100 Å². The Labute approximate surface area is 172 Å². The number of imide groups is 1. The van der Waals surface area contributed by atoms with Gasteiger partial charge in [0.15, 0.2) is 0 Å². The number of anilines is 1. The van der Waals surface area contributed by atoms with Crippen LogP contribution in [0.3, 0.4) is 0 Å². The zero-order valence-electron chi connectivity index (χ0n) is 14.9. The molecule has 0 fully saturated rings. The van der Waals surface area contributed by atoms with Gasteiger partial charge in [0.25, 0.3) is 11.8 Å². The number of hydrogen-bond donors (Lipinski definition) is 3. The SMILES string of the molecule is CNC(=O)c1cc(C)cc(Cl)c1NC(=O)NC(=O)c1ncc(C(F)(F)F)cc1Cl. The monoisotopic (exact) mass is 448 g/mol. The van der Waals surface area contributed by atoms with Gasteiger partial charge < -0.3 is 10.6 Å². The Morgan fingerprint density at radius 1 is 1.03 bits per heavy atom. The summed E-state index contributed by atoms with van der Waals surface area (Å²) in [7, 11) is 1.38. The first-order chi connectivity index (χ1) is 13.4. The first-order valence-electron chi connectivity index (χ1n) is 7.81. The van der Waals surface area contributed by atoms with Crippen molar-refractivity contribution in [3.8, 4) is 0 Å². The molecule has 0 spiro atoms. The van der Waals surface area contributed by atoms with Gasteiger partial charge in [-0.1, -0.05) is 23.2 Å². The van der Waals surface area contributed by atoms with Crippen LogP contribution < -0.4 is 16.0 Å². The van der Waals surface area contributed by atoms with Crippen LogP contribution in [0, 0.1) is 6.92 Å². The molecule has 12 heteroatoms. The van der Waals surface area contributed by atoms with Crippen LogP contribution in [0.25, 0.3) is 0 Å². The third kappa shape index (κ3) is 5.36. The van der Waals surface area contributed by atoms with Gasteiger partial charge >= 0.3 is 12.2 Å². The Balaban J connectivity index is 2.22. The van der Waals surface area contributed by atoms with Gasteiger partial charge in [0.05, 0.1) is 26.9 Å². The van der Waals surface area contributed by atoms with Crippen molar-refractivity contribution < 1.29 is 27.6 Å². The number of carbonyl (C=O) groups is 3. The summed E-state index contributed by atoms with van der Waals surface area (Å²) in [6.45, 7) is 1.68. The molecule has 2 rings (SSSR count). The number of aryl methyl sites for hydroxylation is 1. The molecule has 0 radical (unpaired) electrons. The highest BCUT2D eigenvalue weighted by molar-refractivity contribution is 6.35. The molecule has 1 heterocycles. The highest BCUT2D eigenvalue weighted by Crippen LogP contribution is 2.31. The van der Waals surface area contributed by atoms with Gasteiger partial charge in [0.1, 0.15) is 5.69 Å². The molecule has 0 saturated carbocycles. The number of carbonyl (C=O) groups excluding carboxylic acids is 3. The van der Waals surface area contributed by atoms with E-state index in [1.807, 2.05) is 5.32 Å². The average Bonchev–Trinajstić information content (AvgIpc) is 2.61. The minimum Gasteiger partial charge on any atom is -0.355 e. The van der Waals surface area contributed by atoms with Crippen LogP contribution >= 0.6 is 23.2 Å². The lowest BCUT2D eigenvalue weighted by atomic mass is 10.1. The number of amides is 4. The smallest absolute Gasteiger partial charge is 0.355 e. The Morgan fingerprint density at radius 2 is 1.69 bits per heavy atom. The molecule has 0 aliphatic heterocycles. The molecule has 0 aliphatic carbocycles. The standard InChI is InChI=1S/C17H13Cl2F3N4O3/c1-7-3-9(14(27)23-2)12(10(18)4-7)25-16(29)26-15(28)13-11(19)5-8(6-24-13)17(20,21)22/h3-6H,1-2H3,(H,23,27)(H2,25,26,28,29). The van der Waals surface area contributed by atoms with Crippen LogP contribution in [0.15, 0.2) is 24.4 Å². The second-order valence-electron chi connectivity index (χ2n) is 5.71. The second kappa shape index (κ2) is 8.66. The molecule has 0 aliphatic rings. The highest BCUT2D eigenvalue weighted by atomic mass is 35.5. The number of alkyl halides is 3. The number of benzene rings is 1. The quantitative estimate of drug-likeness (QED) is 0.659. The number of aromatic nitrogens is 1. The predicted molar refractivity (Wildman–Crippen MR) is 100 cm³/mol. The van der Waals surface area contributed by atoms with Crippen LogP contribution in [-0.2, 0) is 6.18 Å². The number of nitrogens with zero attached hydrogens (tertiary/aromatic N) is 1. The molecule has 0 unspecified atom stereocenters. The largest absolute Gasteiger partial charge is 0.417 e. The Hall–Kier alpha value is -2.85. The maximum atomic E-state index is 12.6. The Morgan fingerprint density at radius 3 is 2.24 bits per heavy atom. The summed E-state index contributed by atoms with van der Waals surface area (Å²) < 4.78 is 37.9. The molecule has 29 heavy (non-hydrogen) atoms. The molecular formula is C17H13Cl2F3N4O3. The fourth-order valence-electron chi connectivity index (χ4n) is 2.25. The number of pyridine rings is 1. The van der Waals surface area contributed by atoms with Crippen LogP contribution in [0.2, 0.25) is 10.0 Å². The summed E-state index contributed by atoms with van der Waals surface area (Å²) in [6, 6.07) is 2.38. The molecule has 0 atom stereocenters. The van der Waals surface area contributed by atoms with E-state index < -0.39 is 40.3 Å². The first-order valence-corrected chi connectivity index (χ1v) is 8.57. The van der Waals surface area contributed by atoms with Crippen molar-refractivity contribution >= 4 is 46.7 Å². The molecule has 7 nitrogen and oxygen atoms in total. The molecule has 1 aromatic carbocycles.